The molecule has 2 unspecified atom stereocenters. The van der Waals surface area contributed by atoms with Crippen LogP contribution in [0.5, 0.6) is 0 Å². The van der Waals surface area contributed by atoms with Crippen molar-refractivity contribution in [2.24, 2.45) is 5.41 Å². The van der Waals surface area contributed by atoms with Crippen LogP contribution in [0.25, 0.3) is 12.2 Å². The van der Waals surface area contributed by atoms with Gasteiger partial charge in [-0.3, -0.25) is 0 Å². The Morgan fingerprint density at radius 3 is 1.56 bits per heavy atom. The van der Waals surface area contributed by atoms with Gasteiger partial charge < -0.3 is 10.2 Å². The predicted octanol–water partition coefficient (Wildman–Crippen LogP) is 4.36. The van der Waals surface area contributed by atoms with Gasteiger partial charge in [0, 0.05) is 25.0 Å². The van der Waals surface area contributed by atoms with E-state index in [1.165, 1.54) is 22.3 Å². The SMILES string of the molecule is OCCC(CCO)(C1C=Cc2ccccc21)C1C=Cc2ccccc21. The van der Waals surface area contributed by atoms with Gasteiger partial charge in [-0.2, -0.15) is 0 Å². The maximum atomic E-state index is 9.92. The molecule has 2 N–H and O–H groups in total. The second-order valence-corrected chi connectivity index (χ2v) is 7.11. The Hall–Kier alpha value is -2.16. The van der Waals surface area contributed by atoms with E-state index in [9.17, 15) is 10.2 Å². The summed E-state index contributed by atoms with van der Waals surface area (Å²) in [5, 5.41) is 19.8. The van der Waals surface area contributed by atoms with Crippen molar-refractivity contribution in [1.29, 1.82) is 0 Å². The number of rotatable bonds is 6. The molecule has 0 spiro atoms. The molecule has 0 saturated carbocycles. The molecule has 2 nitrogen and oxygen atoms in total. The molecule has 2 aliphatic carbocycles. The normalized spacial score (nSPS) is 20.7. The van der Waals surface area contributed by atoms with E-state index in [1.807, 2.05) is 0 Å². The molecular formula is C23H24O2. The smallest absolute Gasteiger partial charge is 0.0437 e. The molecule has 128 valence electrons. The van der Waals surface area contributed by atoms with Crippen molar-refractivity contribution in [1.82, 2.24) is 0 Å². The molecule has 2 atom stereocenters. The van der Waals surface area contributed by atoms with Crippen LogP contribution >= 0.6 is 0 Å². The molecule has 0 amide bonds. The van der Waals surface area contributed by atoms with Gasteiger partial charge in [0.05, 0.1) is 0 Å². The summed E-state index contributed by atoms with van der Waals surface area (Å²) in [6.45, 7) is 0.248. The zero-order valence-corrected chi connectivity index (χ0v) is 14.3. The number of allylic oxidation sites excluding steroid dienone is 2. The van der Waals surface area contributed by atoms with Crippen LogP contribution < -0.4 is 0 Å². The van der Waals surface area contributed by atoms with Crippen LogP contribution in [-0.4, -0.2) is 23.4 Å². The fourth-order valence-electron chi connectivity index (χ4n) is 4.86. The molecule has 0 heterocycles. The molecule has 0 saturated heterocycles. The summed E-state index contributed by atoms with van der Waals surface area (Å²) in [6.07, 6.45) is 10.2. The Balaban J connectivity index is 1.85. The van der Waals surface area contributed by atoms with Crippen LogP contribution in [0.15, 0.2) is 60.7 Å². The van der Waals surface area contributed by atoms with E-state index < -0.39 is 0 Å². The van der Waals surface area contributed by atoms with Gasteiger partial charge in [-0.25, -0.2) is 0 Å². The molecule has 2 aliphatic rings. The molecule has 0 aliphatic heterocycles. The first-order valence-corrected chi connectivity index (χ1v) is 9.06. The third kappa shape index (κ3) is 2.57. The highest BCUT2D eigenvalue weighted by atomic mass is 16.3. The molecule has 0 fully saturated rings. The molecular weight excluding hydrogens is 308 g/mol. The minimum absolute atomic E-state index is 0.124. The third-order valence-corrected chi connectivity index (χ3v) is 5.99. The molecule has 0 radical (unpaired) electrons. The summed E-state index contributed by atoms with van der Waals surface area (Å²) >= 11 is 0. The summed E-state index contributed by atoms with van der Waals surface area (Å²) < 4.78 is 0. The summed E-state index contributed by atoms with van der Waals surface area (Å²) in [5.74, 6) is 0.396. The summed E-state index contributed by atoms with van der Waals surface area (Å²) in [6, 6.07) is 17.0. The lowest BCUT2D eigenvalue weighted by atomic mass is 9.60. The second kappa shape index (κ2) is 6.62. The van der Waals surface area contributed by atoms with Gasteiger partial charge in [0.15, 0.2) is 0 Å². The van der Waals surface area contributed by atoms with Crippen LogP contribution in [0.1, 0.15) is 46.9 Å². The maximum absolute atomic E-state index is 9.92. The minimum atomic E-state index is -0.226. The van der Waals surface area contributed by atoms with Crippen molar-refractivity contribution in [2.75, 3.05) is 13.2 Å². The van der Waals surface area contributed by atoms with Gasteiger partial charge in [0.1, 0.15) is 0 Å². The number of fused-ring (bicyclic) bond motifs is 2. The van der Waals surface area contributed by atoms with Gasteiger partial charge in [-0.05, 0) is 40.5 Å². The highest BCUT2D eigenvalue weighted by molar-refractivity contribution is 5.66. The highest BCUT2D eigenvalue weighted by Crippen LogP contribution is 2.57. The van der Waals surface area contributed by atoms with Crippen molar-refractivity contribution in [3.8, 4) is 0 Å². The fraction of sp³-hybridized carbons (Fsp3) is 0.304. The van der Waals surface area contributed by atoms with Crippen LogP contribution in [-0.2, 0) is 0 Å². The van der Waals surface area contributed by atoms with Gasteiger partial charge in [-0.1, -0.05) is 72.8 Å². The van der Waals surface area contributed by atoms with E-state index in [2.05, 4.69) is 72.8 Å². The van der Waals surface area contributed by atoms with E-state index in [-0.39, 0.29) is 30.5 Å². The first-order chi connectivity index (χ1) is 12.3. The zero-order chi connectivity index (χ0) is 17.3. The Morgan fingerprint density at radius 1 is 0.680 bits per heavy atom. The molecule has 25 heavy (non-hydrogen) atoms. The summed E-state index contributed by atoms with van der Waals surface area (Å²) in [4.78, 5) is 0. The number of aliphatic hydroxyl groups excluding tert-OH is 2. The van der Waals surface area contributed by atoms with Crippen molar-refractivity contribution >= 4 is 12.2 Å². The standard InChI is InChI=1S/C23H24O2/c24-15-13-23(14-16-25,21-11-9-17-5-1-3-7-19(17)21)22-12-10-18-6-2-4-8-20(18)22/h1-12,21-22,24-25H,13-16H2. The van der Waals surface area contributed by atoms with Crippen molar-refractivity contribution < 1.29 is 10.2 Å². The average molecular weight is 332 g/mol. The van der Waals surface area contributed by atoms with E-state index in [1.54, 1.807) is 0 Å². The van der Waals surface area contributed by atoms with Crippen LogP contribution in [0, 0.1) is 5.41 Å². The molecule has 2 aromatic carbocycles. The molecule has 2 aromatic rings. The monoisotopic (exact) mass is 332 g/mol. The Morgan fingerprint density at radius 2 is 1.12 bits per heavy atom. The van der Waals surface area contributed by atoms with E-state index in [0.29, 0.717) is 12.8 Å². The molecule has 0 bridgehead atoms. The lowest BCUT2D eigenvalue weighted by molar-refractivity contribution is 0.105. The van der Waals surface area contributed by atoms with Crippen LogP contribution in [0.4, 0.5) is 0 Å². The minimum Gasteiger partial charge on any atom is -0.396 e. The van der Waals surface area contributed by atoms with Crippen LogP contribution in [0.2, 0.25) is 0 Å². The topological polar surface area (TPSA) is 40.5 Å². The van der Waals surface area contributed by atoms with Crippen molar-refractivity contribution in [2.45, 2.75) is 24.7 Å². The van der Waals surface area contributed by atoms with Gasteiger partial charge in [0.25, 0.3) is 0 Å². The Bertz CT molecular complexity index is 749. The van der Waals surface area contributed by atoms with E-state index >= 15 is 0 Å². The third-order valence-electron chi connectivity index (χ3n) is 5.99. The van der Waals surface area contributed by atoms with Crippen molar-refractivity contribution in [3.63, 3.8) is 0 Å². The van der Waals surface area contributed by atoms with E-state index in [4.69, 9.17) is 0 Å². The highest BCUT2D eigenvalue weighted by Gasteiger charge is 2.46. The van der Waals surface area contributed by atoms with Crippen molar-refractivity contribution in [3.05, 3.63) is 82.9 Å². The van der Waals surface area contributed by atoms with Gasteiger partial charge in [-0.15, -0.1) is 0 Å². The van der Waals surface area contributed by atoms with E-state index in [0.717, 1.165) is 0 Å². The molecule has 2 heteroatoms. The quantitative estimate of drug-likeness (QED) is 0.825. The second-order valence-electron chi connectivity index (χ2n) is 7.11. The number of aliphatic hydroxyl groups is 2. The summed E-state index contributed by atoms with van der Waals surface area (Å²) in [5.41, 5.74) is 4.89. The Labute approximate surface area is 149 Å². The number of hydrogen-bond acceptors (Lipinski definition) is 2. The van der Waals surface area contributed by atoms with Gasteiger partial charge >= 0.3 is 0 Å². The number of hydrogen-bond donors (Lipinski definition) is 2. The maximum Gasteiger partial charge on any atom is 0.0437 e. The lowest BCUT2D eigenvalue weighted by Gasteiger charge is -2.43. The average Bonchev–Trinajstić information content (AvgIpc) is 3.26. The largest absolute Gasteiger partial charge is 0.396 e. The number of benzene rings is 2. The molecule has 0 aromatic heterocycles. The van der Waals surface area contributed by atoms with Gasteiger partial charge in [0.2, 0.25) is 0 Å². The first kappa shape index (κ1) is 16.3. The lowest BCUT2D eigenvalue weighted by Crippen LogP contribution is -2.35. The summed E-state index contributed by atoms with van der Waals surface area (Å²) in [7, 11) is 0. The fourth-order valence-corrected chi connectivity index (χ4v) is 4.86. The Kier molecular flexibility index (Phi) is 4.32. The van der Waals surface area contributed by atoms with Crippen LogP contribution in [0.3, 0.4) is 0 Å². The first-order valence-electron chi connectivity index (χ1n) is 9.06. The zero-order valence-electron chi connectivity index (χ0n) is 14.3. The molecule has 4 rings (SSSR count). The predicted molar refractivity (Wildman–Crippen MR) is 102 cm³/mol.